The Bertz CT molecular complexity index is 1410. The van der Waals surface area contributed by atoms with Crippen LogP contribution in [0.5, 0.6) is 0 Å². The Morgan fingerprint density at radius 2 is 1.18 bits per heavy atom. The molecule has 0 aliphatic carbocycles. The first kappa shape index (κ1) is 20.7. The number of nitrogens with zero attached hydrogens (tertiary/aromatic N) is 2. The van der Waals surface area contributed by atoms with Crippen molar-refractivity contribution in [3.8, 4) is 44.9 Å². The lowest BCUT2D eigenvalue weighted by Gasteiger charge is -2.13. The molecule has 0 amide bonds. The minimum Gasteiger partial charge on any atom is -0.252 e. The fourth-order valence-corrected chi connectivity index (χ4v) is 3.89. The summed E-state index contributed by atoms with van der Waals surface area (Å²) in [5.74, 6) is -0.624. The molecule has 0 unspecified atom stereocenters. The molecular weight excluding hydrogens is 414 g/mol. The summed E-state index contributed by atoms with van der Waals surface area (Å²) in [4.78, 5) is 9.62. The van der Waals surface area contributed by atoms with Gasteiger partial charge in [0.1, 0.15) is 11.6 Å². The van der Waals surface area contributed by atoms with Gasteiger partial charge in [0.25, 0.3) is 0 Å². The largest absolute Gasteiger partial charge is 0.252 e. The van der Waals surface area contributed by atoms with E-state index in [1.165, 1.54) is 24.3 Å². The van der Waals surface area contributed by atoms with Crippen molar-refractivity contribution in [1.29, 1.82) is 0 Å². The second kappa shape index (κ2) is 8.75. The van der Waals surface area contributed by atoms with Crippen molar-refractivity contribution in [1.82, 2.24) is 9.97 Å². The Morgan fingerprint density at radius 3 is 1.88 bits per heavy atom. The maximum atomic E-state index is 13.7. The van der Waals surface area contributed by atoms with Crippen LogP contribution in [0.25, 0.3) is 44.9 Å². The van der Waals surface area contributed by atoms with E-state index in [2.05, 4.69) is 24.3 Å². The molecule has 4 aromatic carbocycles. The molecule has 0 saturated carbocycles. The van der Waals surface area contributed by atoms with Gasteiger partial charge in [0, 0.05) is 16.7 Å². The summed E-state index contributed by atoms with van der Waals surface area (Å²) in [6, 6.07) is 29.1. The highest BCUT2D eigenvalue weighted by molar-refractivity contribution is 5.81. The molecule has 0 aliphatic heterocycles. The summed E-state index contributed by atoms with van der Waals surface area (Å²) in [6.45, 7) is 1.84. The summed E-state index contributed by atoms with van der Waals surface area (Å²) in [7, 11) is 0. The van der Waals surface area contributed by atoms with Crippen molar-refractivity contribution in [2.24, 2.45) is 0 Å². The summed E-state index contributed by atoms with van der Waals surface area (Å²) in [5, 5.41) is 0. The standard InChI is InChI=1S/C29H20F2N2/c1-19-17-25(31)15-16-26(19)29-28(23-11-13-24(30)14-12-23)33-27(18-32-29)22-9-7-21(8-10-22)20-5-3-2-4-6-20/h2-18H,1H3. The first-order valence-corrected chi connectivity index (χ1v) is 10.6. The van der Waals surface area contributed by atoms with E-state index in [-0.39, 0.29) is 11.6 Å². The van der Waals surface area contributed by atoms with Crippen LogP contribution in [0.1, 0.15) is 5.56 Å². The van der Waals surface area contributed by atoms with Crippen LogP contribution in [0.3, 0.4) is 0 Å². The number of hydrogen-bond acceptors (Lipinski definition) is 2. The normalized spacial score (nSPS) is 10.9. The van der Waals surface area contributed by atoms with E-state index in [9.17, 15) is 8.78 Å². The third-order valence-corrected chi connectivity index (χ3v) is 5.62. The van der Waals surface area contributed by atoms with Gasteiger partial charge in [0.2, 0.25) is 0 Å². The Morgan fingerprint density at radius 1 is 0.576 bits per heavy atom. The topological polar surface area (TPSA) is 25.8 Å². The van der Waals surface area contributed by atoms with Gasteiger partial charge in [-0.25, -0.2) is 13.8 Å². The molecule has 0 aliphatic rings. The van der Waals surface area contributed by atoms with E-state index in [0.29, 0.717) is 17.1 Å². The molecular formula is C29H20F2N2. The van der Waals surface area contributed by atoms with Gasteiger partial charge in [-0.05, 0) is 66.1 Å². The second-order valence-electron chi connectivity index (χ2n) is 7.86. The van der Waals surface area contributed by atoms with Crippen molar-refractivity contribution in [2.45, 2.75) is 6.92 Å². The number of aryl methyl sites for hydroxylation is 1. The van der Waals surface area contributed by atoms with Crippen molar-refractivity contribution in [3.05, 3.63) is 120 Å². The molecule has 33 heavy (non-hydrogen) atoms. The zero-order chi connectivity index (χ0) is 22.8. The predicted molar refractivity (Wildman–Crippen MR) is 128 cm³/mol. The number of hydrogen-bond donors (Lipinski definition) is 0. The maximum absolute atomic E-state index is 13.7. The highest BCUT2D eigenvalue weighted by Gasteiger charge is 2.15. The number of rotatable bonds is 4. The van der Waals surface area contributed by atoms with Crippen LogP contribution >= 0.6 is 0 Å². The zero-order valence-corrected chi connectivity index (χ0v) is 18.0. The lowest BCUT2D eigenvalue weighted by atomic mass is 9.99. The molecule has 1 aromatic heterocycles. The molecule has 0 fully saturated rings. The van der Waals surface area contributed by atoms with Crippen LogP contribution in [-0.4, -0.2) is 9.97 Å². The highest BCUT2D eigenvalue weighted by atomic mass is 19.1. The fourth-order valence-electron chi connectivity index (χ4n) is 3.89. The van der Waals surface area contributed by atoms with Crippen LogP contribution < -0.4 is 0 Å². The van der Waals surface area contributed by atoms with Crippen molar-refractivity contribution in [2.75, 3.05) is 0 Å². The molecule has 1 heterocycles. The summed E-state index contributed by atoms with van der Waals surface area (Å²) in [5.41, 5.74) is 7.42. The van der Waals surface area contributed by atoms with Gasteiger partial charge in [-0.2, -0.15) is 0 Å². The molecule has 5 aromatic rings. The van der Waals surface area contributed by atoms with E-state index in [4.69, 9.17) is 9.97 Å². The molecule has 0 saturated heterocycles. The Kier molecular flexibility index (Phi) is 5.49. The Balaban J connectivity index is 1.61. The van der Waals surface area contributed by atoms with Gasteiger partial charge >= 0.3 is 0 Å². The minimum absolute atomic E-state index is 0.303. The summed E-state index contributed by atoms with van der Waals surface area (Å²) < 4.78 is 27.3. The SMILES string of the molecule is Cc1cc(F)ccc1-c1ncc(-c2ccc(-c3ccccc3)cc2)nc1-c1ccc(F)cc1. The van der Waals surface area contributed by atoms with Gasteiger partial charge in [0.05, 0.1) is 23.3 Å². The summed E-state index contributed by atoms with van der Waals surface area (Å²) in [6.07, 6.45) is 1.72. The third kappa shape index (κ3) is 4.28. The molecule has 0 spiro atoms. The van der Waals surface area contributed by atoms with Gasteiger partial charge in [-0.15, -0.1) is 0 Å². The lowest BCUT2D eigenvalue weighted by Crippen LogP contribution is -1.98. The predicted octanol–water partition coefficient (Wildman–Crippen LogP) is 7.73. The van der Waals surface area contributed by atoms with E-state index >= 15 is 0 Å². The molecule has 0 radical (unpaired) electrons. The van der Waals surface area contributed by atoms with E-state index < -0.39 is 0 Å². The maximum Gasteiger partial charge on any atom is 0.123 e. The average molecular weight is 434 g/mol. The quantitative estimate of drug-likeness (QED) is 0.289. The van der Waals surface area contributed by atoms with Crippen LogP contribution in [-0.2, 0) is 0 Å². The molecule has 2 nitrogen and oxygen atoms in total. The van der Waals surface area contributed by atoms with Crippen LogP contribution in [0.4, 0.5) is 8.78 Å². The zero-order valence-electron chi connectivity index (χ0n) is 18.0. The van der Waals surface area contributed by atoms with Crippen molar-refractivity contribution >= 4 is 0 Å². The van der Waals surface area contributed by atoms with Crippen molar-refractivity contribution in [3.63, 3.8) is 0 Å². The first-order valence-electron chi connectivity index (χ1n) is 10.6. The monoisotopic (exact) mass is 434 g/mol. The smallest absolute Gasteiger partial charge is 0.123 e. The van der Waals surface area contributed by atoms with E-state index in [1.807, 2.05) is 37.3 Å². The molecule has 5 rings (SSSR count). The Hall–Kier alpha value is -4.18. The second-order valence-corrected chi connectivity index (χ2v) is 7.86. The van der Waals surface area contributed by atoms with Gasteiger partial charge < -0.3 is 0 Å². The number of benzene rings is 4. The number of halogens is 2. The molecule has 0 bridgehead atoms. The van der Waals surface area contributed by atoms with Gasteiger partial charge in [-0.1, -0.05) is 54.6 Å². The average Bonchev–Trinajstić information content (AvgIpc) is 2.85. The molecule has 0 N–H and O–H groups in total. The minimum atomic E-state index is -0.320. The lowest BCUT2D eigenvalue weighted by molar-refractivity contribution is 0.626. The summed E-state index contributed by atoms with van der Waals surface area (Å²) >= 11 is 0. The van der Waals surface area contributed by atoms with E-state index in [0.717, 1.165) is 33.4 Å². The molecule has 0 atom stereocenters. The number of aromatic nitrogens is 2. The third-order valence-electron chi connectivity index (χ3n) is 5.62. The van der Waals surface area contributed by atoms with Crippen LogP contribution in [0, 0.1) is 18.6 Å². The van der Waals surface area contributed by atoms with Crippen molar-refractivity contribution < 1.29 is 8.78 Å². The fraction of sp³-hybridized carbons (Fsp3) is 0.0345. The first-order chi connectivity index (χ1) is 16.1. The van der Waals surface area contributed by atoms with E-state index in [1.54, 1.807) is 24.4 Å². The Labute approximate surface area is 191 Å². The highest BCUT2D eigenvalue weighted by Crippen LogP contribution is 2.33. The molecule has 4 heteroatoms. The molecule has 160 valence electrons. The van der Waals surface area contributed by atoms with Gasteiger partial charge in [-0.3, -0.25) is 4.98 Å². The van der Waals surface area contributed by atoms with Crippen LogP contribution in [0.15, 0.2) is 103 Å². The van der Waals surface area contributed by atoms with Crippen LogP contribution in [0.2, 0.25) is 0 Å². The van der Waals surface area contributed by atoms with Gasteiger partial charge in [0.15, 0.2) is 0 Å².